The van der Waals surface area contributed by atoms with Crippen LogP contribution >= 0.6 is 11.8 Å². The van der Waals surface area contributed by atoms with Crippen LogP contribution in [0.1, 0.15) is 6.92 Å². The Labute approximate surface area is 128 Å². The van der Waals surface area contributed by atoms with Crippen molar-refractivity contribution in [2.45, 2.75) is 23.6 Å². The fourth-order valence-corrected chi connectivity index (χ4v) is 3.74. The molecule has 2 amide bonds. The number of likely N-dealkylation sites (N-methyl/N-ethyl adjacent to an activating group) is 1. The lowest BCUT2D eigenvalue weighted by molar-refractivity contribution is -0.130. The highest BCUT2D eigenvalue weighted by Gasteiger charge is 2.43. The number of hydrogen-bond acceptors (Lipinski definition) is 5. The van der Waals surface area contributed by atoms with Gasteiger partial charge in [0.2, 0.25) is 11.8 Å². The second-order valence-corrected chi connectivity index (χ2v) is 6.14. The number of anilines is 1. The van der Waals surface area contributed by atoms with E-state index in [2.05, 4.69) is 5.32 Å². The predicted molar refractivity (Wildman–Crippen MR) is 84.7 cm³/mol. The van der Waals surface area contributed by atoms with Gasteiger partial charge in [-0.15, -0.1) is 11.8 Å². The minimum absolute atomic E-state index is 0.00682. The molecule has 114 valence electrons. The maximum absolute atomic E-state index is 12.4. The Morgan fingerprint density at radius 1 is 1.43 bits per heavy atom. The van der Waals surface area contributed by atoms with Crippen molar-refractivity contribution in [1.82, 2.24) is 4.90 Å². The summed E-state index contributed by atoms with van der Waals surface area (Å²) >= 11 is 1.40. The third kappa shape index (κ3) is 3.48. The van der Waals surface area contributed by atoms with E-state index in [0.717, 1.165) is 5.69 Å². The number of carbonyl (C=O) groups excluding carboxylic acids is 2. The molecule has 1 fully saturated rings. The second kappa shape index (κ2) is 6.82. The van der Waals surface area contributed by atoms with Gasteiger partial charge in [0, 0.05) is 18.8 Å². The molecule has 1 unspecified atom stereocenters. The maximum atomic E-state index is 12.4. The smallest absolute Gasteiger partial charge is 0.238 e. The number of nitrogens with one attached hydrogen (secondary N) is 1. The van der Waals surface area contributed by atoms with E-state index in [1.165, 1.54) is 11.8 Å². The summed E-state index contributed by atoms with van der Waals surface area (Å²) in [5, 5.41) is 2.58. The molecule has 0 aliphatic carbocycles. The molecule has 0 saturated carbocycles. The van der Waals surface area contributed by atoms with Crippen molar-refractivity contribution >= 4 is 29.3 Å². The number of amides is 2. The van der Waals surface area contributed by atoms with Crippen LogP contribution in [0.15, 0.2) is 30.3 Å². The van der Waals surface area contributed by atoms with Gasteiger partial charge >= 0.3 is 0 Å². The molecule has 3 atom stereocenters. The molecule has 7 heteroatoms. The maximum Gasteiger partial charge on any atom is 0.238 e. The fraction of sp³-hybridized carbons (Fsp3) is 0.429. The normalized spacial score (nSPS) is 23.1. The molecule has 1 aromatic rings. The minimum atomic E-state index is -0.847. The monoisotopic (exact) mass is 308 g/mol. The van der Waals surface area contributed by atoms with Gasteiger partial charge in [-0.25, -0.2) is 0 Å². The molecular formula is C14H20N4O2S. The van der Waals surface area contributed by atoms with Gasteiger partial charge in [0.25, 0.3) is 0 Å². The number of rotatable bonds is 6. The topological polar surface area (TPSA) is 101 Å². The Kier molecular flexibility index (Phi) is 5.08. The lowest BCUT2D eigenvalue weighted by Crippen LogP contribution is -2.51. The number of carbonyl (C=O) groups is 2. The molecule has 0 aromatic heterocycles. The fourth-order valence-electron chi connectivity index (χ4n) is 2.27. The van der Waals surface area contributed by atoms with E-state index < -0.39 is 11.9 Å². The third-order valence-electron chi connectivity index (χ3n) is 3.41. The summed E-state index contributed by atoms with van der Waals surface area (Å²) in [6, 6.07) is 8.82. The summed E-state index contributed by atoms with van der Waals surface area (Å²) in [5.74, 6) is -0.594. The first-order chi connectivity index (χ1) is 10.0. The van der Waals surface area contributed by atoms with Crippen molar-refractivity contribution in [3.8, 4) is 0 Å². The molecule has 0 bridgehead atoms. The van der Waals surface area contributed by atoms with E-state index in [-0.39, 0.29) is 16.5 Å². The number of benzene rings is 1. The molecule has 21 heavy (non-hydrogen) atoms. The molecule has 0 radical (unpaired) electrons. The first-order valence-electron chi connectivity index (χ1n) is 6.84. The highest BCUT2D eigenvalue weighted by Crippen LogP contribution is 2.33. The zero-order valence-electron chi connectivity index (χ0n) is 11.9. The van der Waals surface area contributed by atoms with E-state index in [4.69, 9.17) is 11.5 Å². The number of thioether (sulfide) groups is 1. The predicted octanol–water partition coefficient (Wildman–Crippen LogP) is 0.201. The lowest BCUT2D eigenvalue weighted by atomic mass is 10.2. The summed E-state index contributed by atoms with van der Waals surface area (Å²) in [7, 11) is 0. The van der Waals surface area contributed by atoms with Crippen molar-refractivity contribution in [2.24, 2.45) is 11.5 Å². The number of primary amides is 1. The third-order valence-corrected chi connectivity index (χ3v) is 4.93. The average Bonchev–Trinajstić information content (AvgIpc) is 2.81. The van der Waals surface area contributed by atoms with E-state index in [1.807, 2.05) is 37.3 Å². The summed E-state index contributed by atoms with van der Waals surface area (Å²) < 4.78 is 0. The number of nitrogens with zero attached hydrogens (tertiary/aromatic N) is 1. The van der Waals surface area contributed by atoms with Crippen LogP contribution in [-0.4, -0.2) is 46.5 Å². The van der Waals surface area contributed by atoms with Crippen molar-refractivity contribution in [3.05, 3.63) is 30.3 Å². The zero-order chi connectivity index (χ0) is 15.4. The molecule has 0 spiro atoms. The summed E-state index contributed by atoms with van der Waals surface area (Å²) in [5.41, 5.74) is 12.0. The molecule has 2 rings (SSSR count). The highest BCUT2D eigenvalue weighted by molar-refractivity contribution is 8.01. The van der Waals surface area contributed by atoms with Crippen LogP contribution < -0.4 is 16.8 Å². The van der Waals surface area contributed by atoms with Gasteiger partial charge in [0.15, 0.2) is 0 Å². The number of para-hydroxylation sites is 1. The Morgan fingerprint density at radius 2 is 2.10 bits per heavy atom. The van der Waals surface area contributed by atoms with E-state index >= 15 is 0 Å². The van der Waals surface area contributed by atoms with Crippen LogP contribution in [-0.2, 0) is 9.59 Å². The lowest BCUT2D eigenvalue weighted by Gasteiger charge is -2.25. The van der Waals surface area contributed by atoms with Crippen molar-refractivity contribution in [1.29, 1.82) is 0 Å². The van der Waals surface area contributed by atoms with Crippen molar-refractivity contribution in [3.63, 3.8) is 0 Å². The molecule has 6 nitrogen and oxygen atoms in total. The quantitative estimate of drug-likeness (QED) is 0.697. The first kappa shape index (κ1) is 15.7. The zero-order valence-corrected chi connectivity index (χ0v) is 12.7. The Bertz CT molecular complexity index is 511. The SMILES string of the molecule is CCN1C(=O)[C@@H](CNc2ccccc2)SC1[C@H](N)C(N)=O. The second-order valence-electron chi connectivity index (χ2n) is 4.81. The largest absolute Gasteiger partial charge is 0.383 e. The van der Waals surface area contributed by atoms with Gasteiger partial charge in [0.1, 0.15) is 16.7 Å². The van der Waals surface area contributed by atoms with E-state index in [0.29, 0.717) is 13.1 Å². The van der Waals surface area contributed by atoms with Crippen LogP contribution in [0.3, 0.4) is 0 Å². The van der Waals surface area contributed by atoms with Gasteiger partial charge in [-0.2, -0.15) is 0 Å². The van der Waals surface area contributed by atoms with Gasteiger partial charge in [0.05, 0.1) is 0 Å². The van der Waals surface area contributed by atoms with Gasteiger partial charge < -0.3 is 21.7 Å². The van der Waals surface area contributed by atoms with Gasteiger partial charge in [-0.3, -0.25) is 9.59 Å². The molecule has 1 heterocycles. The average molecular weight is 308 g/mol. The van der Waals surface area contributed by atoms with E-state index in [1.54, 1.807) is 4.90 Å². The van der Waals surface area contributed by atoms with Crippen LogP contribution in [0, 0.1) is 0 Å². The van der Waals surface area contributed by atoms with Crippen molar-refractivity contribution in [2.75, 3.05) is 18.4 Å². The van der Waals surface area contributed by atoms with Crippen LogP contribution in [0.25, 0.3) is 0 Å². The molecule has 1 aliphatic rings. The van der Waals surface area contributed by atoms with Gasteiger partial charge in [-0.1, -0.05) is 18.2 Å². The highest BCUT2D eigenvalue weighted by atomic mass is 32.2. The molecule has 1 aromatic carbocycles. The van der Waals surface area contributed by atoms with Crippen LogP contribution in [0.2, 0.25) is 0 Å². The Morgan fingerprint density at radius 3 is 2.67 bits per heavy atom. The first-order valence-corrected chi connectivity index (χ1v) is 7.78. The summed E-state index contributed by atoms with van der Waals surface area (Å²) in [6.45, 7) is 2.87. The Balaban J connectivity index is 2.01. The molecule has 1 saturated heterocycles. The van der Waals surface area contributed by atoms with Crippen LogP contribution in [0.5, 0.6) is 0 Å². The number of hydrogen-bond donors (Lipinski definition) is 3. The van der Waals surface area contributed by atoms with Crippen LogP contribution in [0.4, 0.5) is 5.69 Å². The van der Waals surface area contributed by atoms with Crippen molar-refractivity contribution < 1.29 is 9.59 Å². The minimum Gasteiger partial charge on any atom is -0.383 e. The standard InChI is InChI=1S/C14H20N4O2S/c1-2-18-13(20)10(21-14(18)11(15)12(16)19)8-17-9-6-4-3-5-7-9/h3-7,10-11,14,17H,2,8,15H2,1H3,(H2,16,19)/t10-,11-,14?/m1/s1. The molecule has 5 N–H and O–H groups in total. The Hall–Kier alpha value is -1.73. The molecule has 1 aliphatic heterocycles. The molecular weight excluding hydrogens is 288 g/mol. The summed E-state index contributed by atoms with van der Waals surface area (Å²) in [6.07, 6.45) is 0. The van der Waals surface area contributed by atoms with Gasteiger partial charge in [-0.05, 0) is 19.1 Å². The summed E-state index contributed by atoms with van der Waals surface area (Å²) in [4.78, 5) is 25.2. The number of nitrogens with two attached hydrogens (primary N) is 2. The van der Waals surface area contributed by atoms with E-state index in [9.17, 15) is 9.59 Å².